The van der Waals surface area contributed by atoms with Gasteiger partial charge in [-0.2, -0.15) is 0 Å². The zero-order chi connectivity index (χ0) is 11.5. The van der Waals surface area contributed by atoms with Crippen LogP contribution in [0.3, 0.4) is 0 Å². The summed E-state index contributed by atoms with van der Waals surface area (Å²) in [5.41, 5.74) is 0. The summed E-state index contributed by atoms with van der Waals surface area (Å²) in [5.74, 6) is 0. The second-order valence-electron chi connectivity index (χ2n) is 3.82. The molecule has 0 amide bonds. The number of rotatable bonds is 7. The van der Waals surface area contributed by atoms with Gasteiger partial charge in [0.05, 0.1) is 25.9 Å². The first-order valence-corrected chi connectivity index (χ1v) is 5.76. The number of ether oxygens (including phenoxy) is 1. The maximum absolute atomic E-state index is 8.17. The van der Waals surface area contributed by atoms with Gasteiger partial charge in [0.2, 0.25) is 0 Å². The van der Waals surface area contributed by atoms with Gasteiger partial charge >= 0.3 is 0 Å². The summed E-state index contributed by atoms with van der Waals surface area (Å²) in [7, 11) is 0. The van der Waals surface area contributed by atoms with E-state index in [0.717, 1.165) is 6.61 Å². The first-order valence-electron chi connectivity index (χ1n) is 5.76. The Hall–Kier alpha value is -0.160. The van der Waals surface area contributed by atoms with Gasteiger partial charge in [-0.25, -0.2) is 0 Å². The highest BCUT2D eigenvalue weighted by atomic mass is 16.6. The van der Waals surface area contributed by atoms with Crippen LogP contribution in [0.5, 0.6) is 0 Å². The summed E-state index contributed by atoms with van der Waals surface area (Å²) in [6.45, 7) is 2.55. The molecule has 1 unspecified atom stereocenters. The molecule has 1 aliphatic rings. The maximum atomic E-state index is 8.17. The standard InChI is InChI=1S/C8H16O.C3H8O3/c1-2-3-4-5-6-8-7-9-8;4-1-3(6)2-5/h8H,2-7H2,1H3;3-6H,1-2H2. The Morgan fingerprint density at radius 3 is 2.13 bits per heavy atom. The number of hydrogen-bond donors (Lipinski definition) is 3. The van der Waals surface area contributed by atoms with Gasteiger partial charge in [0, 0.05) is 0 Å². The topological polar surface area (TPSA) is 73.2 Å². The minimum atomic E-state index is -0.954. The van der Waals surface area contributed by atoms with Gasteiger partial charge in [-0.15, -0.1) is 0 Å². The van der Waals surface area contributed by atoms with Gasteiger partial charge in [0.1, 0.15) is 6.10 Å². The Kier molecular flexibility index (Phi) is 10.3. The summed E-state index contributed by atoms with van der Waals surface area (Å²) < 4.78 is 5.09. The second-order valence-corrected chi connectivity index (χ2v) is 3.82. The van der Waals surface area contributed by atoms with Crippen molar-refractivity contribution in [2.24, 2.45) is 0 Å². The van der Waals surface area contributed by atoms with Crippen LogP contribution in [0, 0.1) is 0 Å². The number of hydrogen-bond acceptors (Lipinski definition) is 4. The van der Waals surface area contributed by atoms with Gasteiger partial charge in [0.15, 0.2) is 0 Å². The van der Waals surface area contributed by atoms with Gasteiger partial charge < -0.3 is 20.1 Å². The molecule has 0 aromatic carbocycles. The molecule has 1 rings (SSSR count). The van der Waals surface area contributed by atoms with Gasteiger partial charge in [0.25, 0.3) is 0 Å². The molecule has 92 valence electrons. The minimum Gasteiger partial charge on any atom is -0.394 e. The molecule has 0 aliphatic carbocycles. The van der Waals surface area contributed by atoms with Crippen LogP contribution >= 0.6 is 0 Å². The second kappa shape index (κ2) is 10.4. The lowest BCUT2D eigenvalue weighted by Crippen LogP contribution is -2.15. The molecule has 1 saturated heterocycles. The van der Waals surface area contributed by atoms with E-state index in [-0.39, 0.29) is 13.2 Å². The molecule has 1 aliphatic heterocycles. The van der Waals surface area contributed by atoms with Crippen molar-refractivity contribution in [2.75, 3.05) is 19.8 Å². The van der Waals surface area contributed by atoms with E-state index in [1.54, 1.807) is 0 Å². The van der Waals surface area contributed by atoms with Gasteiger partial charge in [-0.3, -0.25) is 0 Å². The molecule has 4 nitrogen and oxygen atoms in total. The summed E-state index contributed by atoms with van der Waals surface area (Å²) in [6.07, 6.45) is 6.51. The fourth-order valence-electron chi connectivity index (χ4n) is 1.09. The number of unbranched alkanes of at least 4 members (excludes halogenated alkanes) is 3. The molecule has 4 heteroatoms. The average molecular weight is 220 g/mol. The molecular formula is C11H24O4. The van der Waals surface area contributed by atoms with Crippen molar-refractivity contribution >= 4 is 0 Å². The van der Waals surface area contributed by atoms with Crippen molar-refractivity contribution in [1.29, 1.82) is 0 Å². The van der Waals surface area contributed by atoms with E-state index in [4.69, 9.17) is 20.1 Å². The van der Waals surface area contributed by atoms with Crippen molar-refractivity contribution in [3.05, 3.63) is 0 Å². The Morgan fingerprint density at radius 2 is 1.80 bits per heavy atom. The number of aliphatic hydroxyl groups excluding tert-OH is 3. The van der Waals surface area contributed by atoms with Crippen molar-refractivity contribution < 1.29 is 20.1 Å². The first-order chi connectivity index (χ1) is 7.24. The Balaban J connectivity index is 0.000000288. The van der Waals surface area contributed by atoms with Crippen LogP contribution in [-0.4, -0.2) is 47.3 Å². The molecule has 0 aromatic rings. The van der Waals surface area contributed by atoms with E-state index in [2.05, 4.69) is 6.92 Å². The highest BCUT2D eigenvalue weighted by Crippen LogP contribution is 2.17. The van der Waals surface area contributed by atoms with Crippen LogP contribution in [0.1, 0.15) is 39.0 Å². The number of epoxide rings is 1. The van der Waals surface area contributed by atoms with E-state index in [1.807, 2.05) is 0 Å². The van der Waals surface area contributed by atoms with Crippen LogP contribution in [0.4, 0.5) is 0 Å². The van der Waals surface area contributed by atoms with Crippen LogP contribution in [0.25, 0.3) is 0 Å². The molecule has 1 heterocycles. The summed E-state index contributed by atoms with van der Waals surface area (Å²) in [6, 6.07) is 0. The van der Waals surface area contributed by atoms with Crippen molar-refractivity contribution in [3.8, 4) is 0 Å². The maximum Gasteiger partial charge on any atom is 0.100 e. The normalized spacial score (nSPS) is 18.6. The van der Waals surface area contributed by atoms with Crippen LogP contribution in [0.2, 0.25) is 0 Å². The predicted octanol–water partition coefficient (Wildman–Crippen LogP) is 0.687. The largest absolute Gasteiger partial charge is 0.394 e. The monoisotopic (exact) mass is 220 g/mol. The third-order valence-electron chi connectivity index (χ3n) is 2.20. The lowest BCUT2D eigenvalue weighted by atomic mass is 10.1. The van der Waals surface area contributed by atoms with E-state index in [0.29, 0.717) is 6.10 Å². The molecule has 1 fully saturated rings. The predicted molar refractivity (Wildman–Crippen MR) is 58.7 cm³/mol. The van der Waals surface area contributed by atoms with Crippen LogP contribution in [0.15, 0.2) is 0 Å². The Morgan fingerprint density at radius 1 is 1.20 bits per heavy atom. The SMILES string of the molecule is CCCCCCC1CO1.OCC(O)CO. The smallest absolute Gasteiger partial charge is 0.100 e. The molecular weight excluding hydrogens is 196 g/mol. The van der Waals surface area contributed by atoms with E-state index in [1.165, 1.54) is 32.1 Å². The zero-order valence-corrected chi connectivity index (χ0v) is 9.56. The fraction of sp³-hybridized carbons (Fsp3) is 1.00. The van der Waals surface area contributed by atoms with Crippen molar-refractivity contribution in [2.45, 2.75) is 51.2 Å². The average Bonchev–Trinajstić information content (AvgIpc) is 3.08. The molecule has 1 atom stereocenters. The highest BCUT2D eigenvalue weighted by Gasteiger charge is 2.20. The van der Waals surface area contributed by atoms with Gasteiger partial charge in [-0.1, -0.05) is 32.6 Å². The molecule has 0 radical (unpaired) electrons. The Bertz CT molecular complexity index is 122. The fourth-order valence-corrected chi connectivity index (χ4v) is 1.09. The highest BCUT2D eigenvalue weighted by molar-refractivity contribution is 4.67. The third kappa shape index (κ3) is 11.8. The molecule has 0 bridgehead atoms. The quantitative estimate of drug-likeness (QED) is 0.436. The first kappa shape index (κ1) is 14.8. The summed E-state index contributed by atoms with van der Waals surface area (Å²) in [5, 5.41) is 24.0. The molecule has 15 heavy (non-hydrogen) atoms. The molecule has 3 N–H and O–H groups in total. The molecule has 0 saturated carbocycles. The van der Waals surface area contributed by atoms with Gasteiger partial charge in [-0.05, 0) is 6.42 Å². The van der Waals surface area contributed by atoms with E-state index < -0.39 is 6.10 Å². The van der Waals surface area contributed by atoms with E-state index >= 15 is 0 Å². The summed E-state index contributed by atoms with van der Waals surface area (Å²) >= 11 is 0. The number of aliphatic hydroxyl groups is 3. The lowest BCUT2D eigenvalue weighted by Gasteiger charge is -1.96. The summed E-state index contributed by atoms with van der Waals surface area (Å²) in [4.78, 5) is 0. The third-order valence-corrected chi connectivity index (χ3v) is 2.20. The van der Waals surface area contributed by atoms with E-state index in [9.17, 15) is 0 Å². The van der Waals surface area contributed by atoms with Crippen molar-refractivity contribution in [3.63, 3.8) is 0 Å². The lowest BCUT2D eigenvalue weighted by molar-refractivity contribution is 0.0450. The molecule has 0 spiro atoms. The zero-order valence-electron chi connectivity index (χ0n) is 9.56. The molecule has 0 aromatic heterocycles. The van der Waals surface area contributed by atoms with Crippen LogP contribution < -0.4 is 0 Å². The van der Waals surface area contributed by atoms with Crippen LogP contribution in [-0.2, 0) is 4.74 Å². The van der Waals surface area contributed by atoms with Crippen molar-refractivity contribution in [1.82, 2.24) is 0 Å². The Labute approximate surface area is 91.9 Å². The minimum absolute atomic E-state index is 0.365.